The summed E-state index contributed by atoms with van der Waals surface area (Å²) in [4.78, 5) is 14.2. The molecule has 19 heavy (non-hydrogen) atoms. The number of rotatable bonds is 1. The highest BCUT2D eigenvalue weighted by Crippen LogP contribution is 2.32. The van der Waals surface area contributed by atoms with Crippen LogP contribution in [0.3, 0.4) is 0 Å². The molecule has 1 unspecified atom stereocenters. The molecule has 1 aliphatic heterocycles. The van der Waals surface area contributed by atoms with Gasteiger partial charge in [-0.3, -0.25) is 0 Å². The fourth-order valence-corrected chi connectivity index (χ4v) is 3.99. The van der Waals surface area contributed by atoms with E-state index in [1.807, 2.05) is 24.0 Å². The van der Waals surface area contributed by atoms with Crippen molar-refractivity contribution in [2.45, 2.75) is 26.7 Å². The Hall–Kier alpha value is -0.550. The van der Waals surface area contributed by atoms with Crippen LogP contribution in [0, 0.1) is 12.8 Å². The van der Waals surface area contributed by atoms with Crippen molar-refractivity contribution in [2.24, 2.45) is 5.92 Å². The van der Waals surface area contributed by atoms with Crippen molar-refractivity contribution in [3.63, 3.8) is 0 Å². The van der Waals surface area contributed by atoms with Gasteiger partial charge in [0, 0.05) is 22.0 Å². The Kier molecular flexibility index (Phi) is 4.90. The second-order valence-electron chi connectivity index (χ2n) is 5.23. The molecule has 1 aromatic rings. The lowest BCUT2D eigenvalue weighted by atomic mass is 10.0. The van der Waals surface area contributed by atoms with E-state index in [1.165, 1.54) is 6.42 Å². The van der Waals surface area contributed by atoms with E-state index >= 15 is 0 Å². The number of nitrogens with one attached hydrogen (secondary N) is 1. The number of nitrogens with zero attached hydrogens (tertiary/aromatic N) is 1. The van der Waals surface area contributed by atoms with E-state index in [0.717, 1.165) is 39.7 Å². The first-order valence-corrected chi connectivity index (χ1v) is 8.07. The Labute approximate surface area is 131 Å². The first kappa shape index (κ1) is 14.9. The number of anilines is 1. The molecule has 0 bridgehead atoms. The molecule has 0 saturated carbocycles. The van der Waals surface area contributed by atoms with Crippen LogP contribution in [-0.4, -0.2) is 24.0 Å². The average Bonchev–Trinajstić information content (AvgIpc) is 2.33. The molecule has 0 aliphatic carbocycles. The second-order valence-corrected chi connectivity index (χ2v) is 6.94. The average molecular weight is 390 g/mol. The molecule has 1 atom stereocenters. The van der Waals surface area contributed by atoms with Gasteiger partial charge in [-0.1, -0.05) is 6.92 Å². The van der Waals surface area contributed by atoms with E-state index in [2.05, 4.69) is 44.1 Å². The van der Waals surface area contributed by atoms with Crippen LogP contribution in [0.15, 0.2) is 21.1 Å². The summed E-state index contributed by atoms with van der Waals surface area (Å²) in [6.07, 6.45) is 2.30. The normalized spacial score (nSPS) is 19.4. The molecule has 0 radical (unpaired) electrons. The van der Waals surface area contributed by atoms with Crippen LogP contribution >= 0.6 is 31.9 Å². The third-order valence-electron chi connectivity index (χ3n) is 3.36. The molecule has 0 aromatic heterocycles. The van der Waals surface area contributed by atoms with Gasteiger partial charge in [-0.15, -0.1) is 0 Å². The van der Waals surface area contributed by atoms with E-state index < -0.39 is 0 Å². The van der Waals surface area contributed by atoms with E-state index in [-0.39, 0.29) is 6.03 Å². The maximum absolute atomic E-state index is 12.3. The number of carbonyl (C=O) groups is 1. The summed E-state index contributed by atoms with van der Waals surface area (Å²) in [7, 11) is 0. The Morgan fingerprint density at radius 1 is 1.37 bits per heavy atom. The number of carbonyl (C=O) groups excluding carboxylic acids is 1. The van der Waals surface area contributed by atoms with Gasteiger partial charge in [0.2, 0.25) is 0 Å². The predicted molar refractivity (Wildman–Crippen MR) is 85.6 cm³/mol. The molecule has 1 saturated heterocycles. The Morgan fingerprint density at radius 3 is 2.58 bits per heavy atom. The highest BCUT2D eigenvalue weighted by Gasteiger charge is 2.22. The molecule has 104 valence electrons. The summed E-state index contributed by atoms with van der Waals surface area (Å²) >= 11 is 7.00. The summed E-state index contributed by atoms with van der Waals surface area (Å²) in [5.74, 6) is 0.587. The maximum atomic E-state index is 12.3. The van der Waals surface area contributed by atoms with Crippen molar-refractivity contribution < 1.29 is 4.79 Å². The van der Waals surface area contributed by atoms with Gasteiger partial charge in [0.25, 0.3) is 0 Å². The van der Waals surface area contributed by atoms with Crippen molar-refractivity contribution in [2.75, 3.05) is 18.4 Å². The van der Waals surface area contributed by atoms with Crippen molar-refractivity contribution in [1.82, 2.24) is 4.90 Å². The summed E-state index contributed by atoms with van der Waals surface area (Å²) < 4.78 is 1.80. The van der Waals surface area contributed by atoms with E-state index in [0.29, 0.717) is 5.92 Å². The second kappa shape index (κ2) is 6.27. The molecule has 1 heterocycles. The molecular weight excluding hydrogens is 372 g/mol. The van der Waals surface area contributed by atoms with E-state index in [9.17, 15) is 4.79 Å². The van der Waals surface area contributed by atoms with Crippen molar-refractivity contribution in [1.29, 1.82) is 0 Å². The number of piperidine rings is 1. The molecule has 2 amide bonds. The minimum atomic E-state index is -0.0168. The standard InChI is InChI=1S/C14H18Br2N2O/c1-9-4-3-5-18(8-9)14(19)17-13-11(15)6-10(2)7-12(13)16/h6-7,9H,3-5,8H2,1-2H3,(H,17,19). The predicted octanol–water partition coefficient (Wildman–Crippen LogP) is 4.78. The lowest BCUT2D eigenvalue weighted by Crippen LogP contribution is -2.41. The van der Waals surface area contributed by atoms with Crippen LogP contribution in [0.5, 0.6) is 0 Å². The number of hydrogen-bond acceptors (Lipinski definition) is 1. The Balaban J connectivity index is 2.10. The van der Waals surface area contributed by atoms with Gasteiger partial charge in [0.15, 0.2) is 0 Å². The monoisotopic (exact) mass is 388 g/mol. The largest absolute Gasteiger partial charge is 0.324 e. The number of benzene rings is 1. The quantitative estimate of drug-likeness (QED) is 0.736. The lowest BCUT2D eigenvalue weighted by Gasteiger charge is -2.31. The smallest absolute Gasteiger partial charge is 0.321 e. The molecule has 3 nitrogen and oxygen atoms in total. The maximum Gasteiger partial charge on any atom is 0.321 e. The van der Waals surface area contributed by atoms with Crippen molar-refractivity contribution in [3.05, 3.63) is 26.6 Å². The zero-order chi connectivity index (χ0) is 14.0. The zero-order valence-electron chi connectivity index (χ0n) is 11.2. The summed E-state index contributed by atoms with van der Waals surface area (Å²) in [5.41, 5.74) is 1.94. The van der Waals surface area contributed by atoms with Gasteiger partial charge >= 0.3 is 6.03 Å². The molecule has 1 N–H and O–H groups in total. The molecular formula is C14H18Br2N2O. The van der Waals surface area contributed by atoms with Gasteiger partial charge in [0.05, 0.1) is 5.69 Å². The Bertz CT molecular complexity index is 467. The minimum Gasteiger partial charge on any atom is -0.324 e. The van der Waals surface area contributed by atoms with Crippen LogP contribution in [0.2, 0.25) is 0 Å². The van der Waals surface area contributed by atoms with Crippen LogP contribution in [-0.2, 0) is 0 Å². The van der Waals surface area contributed by atoms with Gasteiger partial charge in [0.1, 0.15) is 0 Å². The summed E-state index contributed by atoms with van der Waals surface area (Å²) in [6, 6.07) is 3.98. The zero-order valence-corrected chi connectivity index (χ0v) is 14.3. The van der Waals surface area contributed by atoms with E-state index in [1.54, 1.807) is 0 Å². The summed E-state index contributed by atoms with van der Waals surface area (Å²) in [6.45, 7) is 5.90. The van der Waals surface area contributed by atoms with Crippen LogP contribution in [0.4, 0.5) is 10.5 Å². The number of urea groups is 1. The number of aryl methyl sites for hydroxylation is 1. The van der Waals surface area contributed by atoms with E-state index in [4.69, 9.17) is 0 Å². The van der Waals surface area contributed by atoms with Crippen LogP contribution < -0.4 is 5.32 Å². The Morgan fingerprint density at radius 2 is 2.00 bits per heavy atom. The molecule has 1 fully saturated rings. The third kappa shape index (κ3) is 3.72. The number of halogens is 2. The molecule has 1 aliphatic rings. The molecule has 1 aromatic carbocycles. The third-order valence-corrected chi connectivity index (χ3v) is 4.61. The first-order valence-electron chi connectivity index (χ1n) is 6.49. The van der Waals surface area contributed by atoms with Gasteiger partial charge in [-0.25, -0.2) is 4.79 Å². The number of amides is 2. The molecule has 5 heteroatoms. The molecule has 2 rings (SSSR count). The number of likely N-dealkylation sites (tertiary alicyclic amines) is 1. The number of hydrogen-bond donors (Lipinski definition) is 1. The van der Waals surface area contributed by atoms with Gasteiger partial charge < -0.3 is 10.2 Å². The van der Waals surface area contributed by atoms with Crippen LogP contribution in [0.25, 0.3) is 0 Å². The fourth-order valence-electron chi connectivity index (χ4n) is 2.38. The highest BCUT2D eigenvalue weighted by atomic mass is 79.9. The first-order chi connectivity index (χ1) is 8.97. The van der Waals surface area contributed by atoms with Crippen molar-refractivity contribution >= 4 is 43.6 Å². The minimum absolute atomic E-state index is 0.0168. The van der Waals surface area contributed by atoms with Crippen LogP contribution in [0.1, 0.15) is 25.3 Å². The molecule has 0 spiro atoms. The SMILES string of the molecule is Cc1cc(Br)c(NC(=O)N2CCCC(C)C2)c(Br)c1. The lowest BCUT2D eigenvalue weighted by molar-refractivity contribution is 0.182. The fraction of sp³-hybridized carbons (Fsp3) is 0.500. The topological polar surface area (TPSA) is 32.3 Å². The highest BCUT2D eigenvalue weighted by molar-refractivity contribution is 9.11. The van der Waals surface area contributed by atoms with Crippen molar-refractivity contribution in [3.8, 4) is 0 Å². The van der Waals surface area contributed by atoms with Gasteiger partial charge in [-0.05, 0) is 75.2 Å². The summed E-state index contributed by atoms with van der Waals surface area (Å²) in [5, 5.41) is 2.99. The van der Waals surface area contributed by atoms with Gasteiger partial charge in [-0.2, -0.15) is 0 Å².